The van der Waals surface area contributed by atoms with Crippen LogP contribution in [0.3, 0.4) is 0 Å². The van der Waals surface area contributed by atoms with E-state index in [9.17, 15) is 14.7 Å². The number of aliphatic hydroxyl groups is 1. The molecule has 0 aromatic carbocycles. The standard InChI is InChI=1S/C37H54N6O3/c1-5-41(6-2)34-38-32(42-17-7-8-18-42)24-33(39-34)43-21-19-40(20-22-43)25-31(45)37(46)16-13-30-28-10-9-26-23-27(44)11-14-35(26,3)29(28)12-15-36(30,37)4/h12,23-24,28,30,46H,5-11,13-22,25H2,1-4H3/t28-,30+,35+,36+,37+/m1/s1. The van der Waals surface area contributed by atoms with Gasteiger partial charge in [0.2, 0.25) is 5.95 Å². The molecule has 5 atom stereocenters. The summed E-state index contributed by atoms with van der Waals surface area (Å²) in [4.78, 5) is 45.5. The van der Waals surface area contributed by atoms with Crippen molar-refractivity contribution in [3.63, 3.8) is 0 Å². The summed E-state index contributed by atoms with van der Waals surface area (Å²) < 4.78 is 0. The van der Waals surface area contributed by atoms with Crippen LogP contribution in [0.2, 0.25) is 0 Å². The van der Waals surface area contributed by atoms with E-state index < -0.39 is 11.0 Å². The molecular formula is C37H54N6O3. The van der Waals surface area contributed by atoms with Crippen LogP contribution in [0, 0.1) is 22.7 Å². The largest absolute Gasteiger partial charge is 0.381 e. The zero-order valence-corrected chi connectivity index (χ0v) is 28.6. The first-order valence-corrected chi connectivity index (χ1v) is 18.2. The molecule has 7 rings (SSSR count). The molecule has 0 unspecified atom stereocenters. The summed E-state index contributed by atoms with van der Waals surface area (Å²) in [6, 6.07) is 2.15. The van der Waals surface area contributed by atoms with Crippen molar-refractivity contribution in [2.45, 2.75) is 91.1 Å². The summed E-state index contributed by atoms with van der Waals surface area (Å²) in [5.41, 5.74) is 1.00. The number of Topliss-reactive ketones (excluding diaryl/α,β-unsaturated/α-hetero) is 1. The highest BCUT2D eigenvalue weighted by atomic mass is 16.3. The zero-order chi connectivity index (χ0) is 32.3. The van der Waals surface area contributed by atoms with E-state index in [-0.39, 0.29) is 17.0 Å². The van der Waals surface area contributed by atoms with Crippen LogP contribution in [-0.4, -0.2) is 96.0 Å². The highest BCUT2D eigenvalue weighted by molar-refractivity contribution is 5.92. The second kappa shape index (κ2) is 12.0. The second-order valence-corrected chi connectivity index (χ2v) is 15.3. The van der Waals surface area contributed by atoms with Crippen molar-refractivity contribution in [3.05, 3.63) is 29.4 Å². The number of hydrogen-bond donors (Lipinski definition) is 1. The lowest BCUT2D eigenvalue weighted by atomic mass is 9.50. The third kappa shape index (κ3) is 5.11. The molecule has 2 aliphatic heterocycles. The number of rotatable bonds is 8. The summed E-state index contributed by atoms with van der Waals surface area (Å²) in [6.45, 7) is 16.1. The number of carbonyl (C=O) groups excluding carboxylic acids is 2. The number of carbonyl (C=O) groups is 2. The number of piperazine rings is 1. The molecule has 0 amide bonds. The summed E-state index contributed by atoms with van der Waals surface area (Å²) in [5, 5.41) is 12.3. The van der Waals surface area contributed by atoms with Crippen molar-refractivity contribution in [1.29, 1.82) is 0 Å². The fourth-order valence-electron chi connectivity index (χ4n) is 10.1. The molecular weight excluding hydrogens is 576 g/mol. The first-order valence-electron chi connectivity index (χ1n) is 18.2. The maximum Gasteiger partial charge on any atom is 0.229 e. The predicted octanol–water partition coefficient (Wildman–Crippen LogP) is 4.80. The summed E-state index contributed by atoms with van der Waals surface area (Å²) in [6.07, 6.45) is 12.4. The molecule has 9 heteroatoms. The van der Waals surface area contributed by atoms with Gasteiger partial charge in [0.1, 0.15) is 17.2 Å². The fraction of sp³-hybridized carbons (Fsp3) is 0.730. The molecule has 250 valence electrons. The topological polar surface area (TPSA) is 93.1 Å². The van der Waals surface area contributed by atoms with Crippen molar-refractivity contribution in [2.24, 2.45) is 22.7 Å². The molecule has 46 heavy (non-hydrogen) atoms. The van der Waals surface area contributed by atoms with Crippen molar-refractivity contribution in [1.82, 2.24) is 14.9 Å². The van der Waals surface area contributed by atoms with Gasteiger partial charge in [-0.1, -0.05) is 31.1 Å². The van der Waals surface area contributed by atoms with E-state index in [2.05, 4.69) is 59.4 Å². The summed E-state index contributed by atoms with van der Waals surface area (Å²) >= 11 is 0. The van der Waals surface area contributed by atoms with Crippen LogP contribution in [0.5, 0.6) is 0 Å². The van der Waals surface area contributed by atoms with E-state index >= 15 is 0 Å². The monoisotopic (exact) mass is 630 g/mol. The molecule has 0 spiro atoms. The highest BCUT2D eigenvalue weighted by Crippen LogP contribution is 2.65. The van der Waals surface area contributed by atoms with E-state index in [0.29, 0.717) is 31.2 Å². The Morgan fingerprint density at radius 3 is 2.30 bits per heavy atom. The Kier molecular flexibility index (Phi) is 8.32. The SMILES string of the molecule is CCN(CC)c1nc(N2CCCC2)cc(N2CCN(CC(=O)[C@@]3(O)CC[C@H]4[C@@H]5CCC6=CC(=O)CC[C@]6(C)C5=CC[C@@]43C)CC2)n1. The van der Waals surface area contributed by atoms with Crippen LogP contribution in [0.4, 0.5) is 17.6 Å². The maximum absolute atomic E-state index is 14.1. The molecule has 2 saturated heterocycles. The number of ketones is 2. The molecule has 6 aliphatic rings. The molecule has 0 bridgehead atoms. The normalized spacial score (nSPS) is 34.5. The number of anilines is 3. The van der Waals surface area contributed by atoms with Crippen molar-refractivity contribution < 1.29 is 14.7 Å². The molecule has 4 fully saturated rings. The smallest absolute Gasteiger partial charge is 0.229 e. The number of allylic oxidation sites excluding steroid dienone is 4. The maximum atomic E-state index is 14.1. The predicted molar refractivity (Wildman–Crippen MR) is 182 cm³/mol. The van der Waals surface area contributed by atoms with Gasteiger partial charge in [-0.25, -0.2) is 0 Å². The summed E-state index contributed by atoms with van der Waals surface area (Å²) in [7, 11) is 0. The van der Waals surface area contributed by atoms with Gasteiger partial charge in [0.25, 0.3) is 0 Å². The minimum Gasteiger partial charge on any atom is -0.381 e. The lowest BCUT2D eigenvalue weighted by Gasteiger charge is -2.54. The lowest BCUT2D eigenvalue weighted by molar-refractivity contribution is -0.154. The van der Waals surface area contributed by atoms with E-state index in [1.165, 1.54) is 24.0 Å². The van der Waals surface area contributed by atoms with E-state index in [0.717, 1.165) is 102 Å². The Bertz CT molecular complexity index is 1400. The van der Waals surface area contributed by atoms with Crippen LogP contribution in [0.25, 0.3) is 0 Å². The van der Waals surface area contributed by atoms with Gasteiger partial charge in [0.05, 0.1) is 6.54 Å². The molecule has 1 aromatic heterocycles. The van der Waals surface area contributed by atoms with E-state index in [1.807, 2.05) is 6.08 Å². The highest BCUT2D eigenvalue weighted by Gasteiger charge is 2.64. The van der Waals surface area contributed by atoms with E-state index in [4.69, 9.17) is 9.97 Å². The minimum absolute atomic E-state index is 0.00385. The van der Waals surface area contributed by atoms with Gasteiger partial charge in [-0.05, 0) is 83.1 Å². The van der Waals surface area contributed by atoms with Gasteiger partial charge in [-0.15, -0.1) is 0 Å². The van der Waals surface area contributed by atoms with Gasteiger partial charge in [-0.3, -0.25) is 14.5 Å². The van der Waals surface area contributed by atoms with Crippen molar-refractivity contribution >= 4 is 29.2 Å². The molecule has 1 N–H and O–H groups in total. The zero-order valence-electron chi connectivity index (χ0n) is 28.6. The number of nitrogens with zero attached hydrogens (tertiary/aromatic N) is 6. The average Bonchev–Trinajstić information content (AvgIpc) is 3.69. The van der Waals surface area contributed by atoms with Gasteiger partial charge >= 0.3 is 0 Å². The minimum atomic E-state index is -1.30. The van der Waals surface area contributed by atoms with Crippen molar-refractivity contribution in [3.8, 4) is 0 Å². The third-order valence-electron chi connectivity index (χ3n) is 13.2. The molecule has 1 aromatic rings. The van der Waals surface area contributed by atoms with Crippen LogP contribution in [-0.2, 0) is 9.59 Å². The first-order chi connectivity index (χ1) is 22.1. The average molecular weight is 631 g/mol. The third-order valence-corrected chi connectivity index (χ3v) is 13.2. The number of aromatic nitrogens is 2. The molecule has 0 radical (unpaired) electrons. The Morgan fingerprint density at radius 2 is 1.63 bits per heavy atom. The van der Waals surface area contributed by atoms with Crippen LogP contribution >= 0.6 is 0 Å². The van der Waals surface area contributed by atoms with Crippen LogP contribution in [0.1, 0.15) is 85.5 Å². The quantitative estimate of drug-likeness (QED) is 0.407. The van der Waals surface area contributed by atoms with Gasteiger partial charge in [-0.2, -0.15) is 9.97 Å². The molecule has 2 saturated carbocycles. The number of fused-ring (bicyclic) bond motifs is 5. The Labute approximate surface area is 275 Å². The summed E-state index contributed by atoms with van der Waals surface area (Å²) in [5.74, 6) is 3.75. The first kappa shape index (κ1) is 31.8. The van der Waals surface area contributed by atoms with Gasteiger partial charge in [0, 0.05) is 75.7 Å². The van der Waals surface area contributed by atoms with Gasteiger partial charge in [0.15, 0.2) is 11.6 Å². The molecule has 3 heterocycles. The molecule has 4 aliphatic carbocycles. The second-order valence-electron chi connectivity index (χ2n) is 15.3. The lowest BCUT2D eigenvalue weighted by Crippen LogP contribution is -2.58. The van der Waals surface area contributed by atoms with E-state index in [1.54, 1.807) is 0 Å². The Morgan fingerprint density at radius 1 is 0.957 bits per heavy atom. The van der Waals surface area contributed by atoms with Crippen LogP contribution < -0.4 is 14.7 Å². The van der Waals surface area contributed by atoms with Gasteiger partial charge < -0.3 is 19.8 Å². The fourth-order valence-corrected chi connectivity index (χ4v) is 10.1. The Hall–Kier alpha value is -2.78. The number of hydrogen-bond acceptors (Lipinski definition) is 9. The Balaban J connectivity index is 1.03. The molecule has 9 nitrogen and oxygen atoms in total. The van der Waals surface area contributed by atoms with Crippen LogP contribution in [0.15, 0.2) is 29.4 Å². The van der Waals surface area contributed by atoms with Crippen molar-refractivity contribution in [2.75, 3.05) is 73.6 Å².